The summed E-state index contributed by atoms with van der Waals surface area (Å²) in [6.07, 6.45) is 3.77. The number of aromatic nitrogens is 1. The fourth-order valence-corrected chi connectivity index (χ4v) is 3.29. The summed E-state index contributed by atoms with van der Waals surface area (Å²) in [4.78, 5) is 24.8. The molecule has 2 atom stereocenters. The molecule has 0 N–H and O–H groups in total. The number of hydrogen-bond donors (Lipinski definition) is 0. The van der Waals surface area contributed by atoms with Crippen molar-refractivity contribution in [3.63, 3.8) is 0 Å². The van der Waals surface area contributed by atoms with E-state index in [1.54, 1.807) is 19.5 Å². The number of halogens is 1. The number of methoxy groups -OCH3 is 2. The van der Waals surface area contributed by atoms with E-state index >= 15 is 0 Å². The summed E-state index contributed by atoms with van der Waals surface area (Å²) in [5.74, 6) is -0.934. The maximum Gasteiger partial charge on any atom is 0.336 e. The zero-order valence-corrected chi connectivity index (χ0v) is 15.3. The molecule has 1 aromatic rings. The predicted octanol–water partition coefficient (Wildman–Crippen LogP) is 3.15. The summed E-state index contributed by atoms with van der Waals surface area (Å²) in [6, 6.07) is 1.24. The lowest BCUT2D eigenvalue weighted by molar-refractivity contribution is -0.136. The van der Waals surface area contributed by atoms with Crippen LogP contribution in [0.5, 0.6) is 0 Å². The number of carbonyl (C=O) groups excluding carboxylic acids is 1. The SMILES string of the molecule is [C-]#[N+]C1C(C)=NC(CCOC)=C(C(=O)OC)C1c1ccncc1Br. The van der Waals surface area contributed by atoms with Crippen molar-refractivity contribution in [1.82, 2.24) is 4.98 Å². The molecule has 126 valence electrons. The van der Waals surface area contributed by atoms with Crippen molar-refractivity contribution >= 4 is 27.6 Å². The molecule has 7 heteroatoms. The Morgan fingerprint density at radius 3 is 2.79 bits per heavy atom. The molecular weight excluding hydrogens is 374 g/mol. The minimum atomic E-state index is -0.566. The Kier molecular flexibility index (Phi) is 6.23. The van der Waals surface area contributed by atoms with Crippen LogP contribution in [0.3, 0.4) is 0 Å². The van der Waals surface area contributed by atoms with Crippen LogP contribution in [0.25, 0.3) is 4.85 Å². The second-order valence-electron chi connectivity index (χ2n) is 5.30. The minimum Gasteiger partial charge on any atom is -0.466 e. The molecule has 2 rings (SSSR count). The molecule has 0 saturated carbocycles. The highest BCUT2D eigenvalue weighted by molar-refractivity contribution is 9.10. The first kappa shape index (κ1) is 18.3. The van der Waals surface area contributed by atoms with E-state index in [9.17, 15) is 4.79 Å². The van der Waals surface area contributed by atoms with E-state index in [1.165, 1.54) is 7.11 Å². The molecular formula is C17H18BrN3O3. The summed E-state index contributed by atoms with van der Waals surface area (Å²) in [6.45, 7) is 9.82. The number of hydrogen-bond acceptors (Lipinski definition) is 5. The third-order valence-corrected chi connectivity index (χ3v) is 4.57. The van der Waals surface area contributed by atoms with Crippen molar-refractivity contribution in [2.24, 2.45) is 4.99 Å². The first-order valence-corrected chi connectivity index (χ1v) is 8.15. The van der Waals surface area contributed by atoms with Gasteiger partial charge in [-0.3, -0.25) is 9.98 Å². The highest BCUT2D eigenvalue weighted by atomic mass is 79.9. The van der Waals surface area contributed by atoms with Crippen LogP contribution in [-0.4, -0.2) is 43.5 Å². The average Bonchev–Trinajstić information content (AvgIpc) is 2.59. The quantitative estimate of drug-likeness (QED) is 0.571. The normalized spacial score (nSPS) is 20.4. The largest absolute Gasteiger partial charge is 0.466 e. The molecule has 2 unspecified atom stereocenters. The van der Waals surface area contributed by atoms with Gasteiger partial charge in [0.1, 0.15) is 5.92 Å². The number of aliphatic imine (C=N–C) groups is 1. The Labute approximate surface area is 149 Å². The van der Waals surface area contributed by atoms with Crippen LogP contribution in [0.4, 0.5) is 0 Å². The van der Waals surface area contributed by atoms with Gasteiger partial charge in [-0.2, -0.15) is 0 Å². The smallest absolute Gasteiger partial charge is 0.336 e. The van der Waals surface area contributed by atoms with Crippen LogP contribution >= 0.6 is 15.9 Å². The summed E-state index contributed by atoms with van der Waals surface area (Å²) < 4.78 is 10.8. The van der Waals surface area contributed by atoms with Crippen molar-refractivity contribution in [2.45, 2.75) is 25.3 Å². The highest BCUT2D eigenvalue weighted by Gasteiger charge is 2.43. The van der Waals surface area contributed by atoms with Crippen molar-refractivity contribution in [1.29, 1.82) is 0 Å². The van der Waals surface area contributed by atoms with Crippen LogP contribution in [0.1, 0.15) is 24.8 Å². The average molecular weight is 392 g/mol. The van der Waals surface area contributed by atoms with E-state index in [2.05, 4.69) is 30.8 Å². The van der Waals surface area contributed by atoms with Gasteiger partial charge in [-0.15, -0.1) is 0 Å². The fourth-order valence-electron chi connectivity index (χ4n) is 2.79. The van der Waals surface area contributed by atoms with E-state index in [-0.39, 0.29) is 0 Å². The molecule has 0 amide bonds. The van der Waals surface area contributed by atoms with Gasteiger partial charge in [-0.25, -0.2) is 11.4 Å². The van der Waals surface area contributed by atoms with E-state index < -0.39 is 17.9 Å². The number of carbonyl (C=O) groups is 1. The van der Waals surface area contributed by atoms with Crippen molar-refractivity contribution in [3.8, 4) is 0 Å². The molecule has 24 heavy (non-hydrogen) atoms. The maximum atomic E-state index is 12.5. The van der Waals surface area contributed by atoms with Crippen LogP contribution in [-0.2, 0) is 14.3 Å². The molecule has 2 heterocycles. The Balaban J connectivity index is 2.67. The van der Waals surface area contributed by atoms with Gasteiger partial charge in [-0.1, -0.05) is 0 Å². The first-order valence-electron chi connectivity index (χ1n) is 7.36. The van der Waals surface area contributed by atoms with Gasteiger partial charge in [0.25, 0.3) is 6.04 Å². The van der Waals surface area contributed by atoms with Gasteiger partial charge in [-0.05, 0) is 34.5 Å². The fraction of sp³-hybridized carbons (Fsp3) is 0.412. The van der Waals surface area contributed by atoms with Crippen molar-refractivity contribution in [3.05, 3.63) is 51.2 Å². The minimum absolute atomic E-state index is 0.410. The van der Waals surface area contributed by atoms with E-state index in [4.69, 9.17) is 16.0 Å². The Bertz CT molecular complexity index is 737. The van der Waals surface area contributed by atoms with Crippen LogP contribution in [0, 0.1) is 6.57 Å². The third-order valence-electron chi connectivity index (χ3n) is 3.90. The van der Waals surface area contributed by atoms with Crippen LogP contribution in [0.15, 0.2) is 39.2 Å². The number of nitrogens with zero attached hydrogens (tertiary/aromatic N) is 3. The van der Waals surface area contributed by atoms with Crippen LogP contribution < -0.4 is 0 Å². The van der Waals surface area contributed by atoms with Gasteiger partial charge < -0.3 is 14.3 Å². The molecule has 0 saturated heterocycles. The molecule has 1 aromatic heterocycles. The number of pyridine rings is 1. The summed E-state index contributed by atoms with van der Waals surface area (Å²) in [5, 5.41) is 0. The van der Waals surface area contributed by atoms with Crippen LogP contribution in [0.2, 0.25) is 0 Å². The Morgan fingerprint density at radius 1 is 1.46 bits per heavy atom. The monoisotopic (exact) mass is 391 g/mol. The van der Waals surface area contributed by atoms with Gasteiger partial charge >= 0.3 is 5.97 Å². The molecule has 0 aliphatic carbocycles. The maximum absolute atomic E-state index is 12.5. The number of esters is 1. The Morgan fingerprint density at radius 2 is 2.21 bits per heavy atom. The number of ether oxygens (including phenoxy) is 2. The highest BCUT2D eigenvalue weighted by Crippen LogP contribution is 2.40. The molecule has 0 spiro atoms. The first-order chi connectivity index (χ1) is 11.5. The zero-order valence-electron chi connectivity index (χ0n) is 13.7. The lowest BCUT2D eigenvalue weighted by atomic mass is 9.80. The van der Waals surface area contributed by atoms with E-state index in [0.29, 0.717) is 30.0 Å². The Hall–Kier alpha value is -2.04. The predicted molar refractivity (Wildman–Crippen MR) is 93.7 cm³/mol. The second-order valence-corrected chi connectivity index (χ2v) is 6.15. The summed E-state index contributed by atoms with van der Waals surface area (Å²) >= 11 is 3.47. The van der Waals surface area contributed by atoms with Crippen molar-refractivity contribution in [2.75, 3.05) is 20.8 Å². The third kappa shape index (κ3) is 3.55. The van der Waals surface area contributed by atoms with Gasteiger partial charge in [0.15, 0.2) is 0 Å². The zero-order chi connectivity index (χ0) is 17.7. The lowest BCUT2D eigenvalue weighted by Gasteiger charge is -2.27. The molecule has 1 aliphatic rings. The topological polar surface area (TPSA) is 65.1 Å². The van der Waals surface area contributed by atoms with E-state index in [1.807, 2.05) is 13.0 Å². The molecule has 1 aliphatic heterocycles. The van der Waals surface area contributed by atoms with E-state index in [0.717, 1.165) is 10.0 Å². The molecule has 6 nitrogen and oxygen atoms in total. The molecule has 0 radical (unpaired) electrons. The second kappa shape index (κ2) is 8.18. The summed E-state index contributed by atoms with van der Waals surface area (Å²) in [5.41, 5.74) is 2.51. The van der Waals surface area contributed by atoms with Gasteiger partial charge in [0.05, 0.1) is 30.7 Å². The molecule has 0 bridgehead atoms. The standard InChI is InChI=1S/C17H18BrN3O3/c1-10-16(19-2)14(11-5-7-20-9-12(11)18)15(17(22)24-4)13(21-10)6-8-23-3/h5,7,9,14,16H,6,8H2,1,3-4H3. The van der Waals surface area contributed by atoms with Gasteiger partial charge in [0, 0.05) is 30.4 Å². The number of rotatable bonds is 5. The van der Waals surface area contributed by atoms with Gasteiger partial charge in [0.2, 0.25) is 0 Å². The lowest BCUT2D eigenvalue weighted by Crippen LogP contribution is -2.33. The molecule has 0 aromatic carbocycles. The van der Waals surface area contributed by atoms with Crippen molar-refractivity contribution < 1.29 is 14.3 Å². The summed E-state index contributed by atoms with van der Waals surface area (Å²) in [7, 11) is 2.93. The molecule has 0 fully saturated rings.